The molecule has 0 spiro atoms. The first-order valence-electron chi connectivity index (χ1n) is 7.56. The minimum atomic E-state index is -4.82. The van der Waals surface area contributed by atoms with Crippen molar-refractivity contribution in [3.05, 3.63) is 70.6 Å². The van der Waals surface area contributed by atoms with Gasteiger partial charge in [0, 0.05) is 18.0 Å². The lowest BCUT2D eigenvalue weighted by atomic mass is 10.00. The molecule has 4 rings (SSSR count). The highest BCUT2D eigenvalue weighted by Gasteiger charge is 2.40. The first-order chi connectivity index (χ1) is 11.9. The highest BCUT2D eigenvalue weighted by atomic mass is 19.4. The van der Waals surface area contributed by atoms with Gasteiger partial charge in [0.15, 0.2) is 11.1 Å². The summed E-state index contributed by atoms with van der Waals surface area (Å²) in [5.41, 5.74) is -1.39. The van der Waals surface area contributed by atoms with Crippen LogP contribution in [0.5, 0.6) is 0 Å². The number of hydrogen-bond acceptors (Lipinski definition) is 2. The van der Waals surface area contributed by atoms with Crippen molar-refractivity contribution in [3.8, 4) is 11.1 Å². The maximum Gasteiger partial charge on any atom is 0.424 e. The summed E-state index contributed by atoms with van der Waals surface area (Å²) in [6.07, 6.45) is -4.82. The molecule has 0 aliphatic heterocycles. The van der Waals surface area contributed by atoms with E-state index in [1.165, 1.54) is 0 Å². The topological polar surface area (TPSA) is 35.1 Å². The Morgan fingerprint density at radius 3 is 2.28 bits per heavy atom. The largest absolute Gasteiger partial charge is 0.424 e. The number of aromatic nitrogens is 1. The van der Waals surface area contributed by atoms with Gasteiger partial charge in [0.1, 0.15) is 0 Å². The molecule has 25 heavy (non-hydrogen) atoms. The number of halogens is 3. The van der Waals surface area contributed by atoms with Gasteiger partial charge in [-0.1, -0.05) is 42.5 Å². The average molecular weight is 343 g/mol. The number of para-hydroxylation sites is 1. The summed E-state index contributed by atoms with van der Waals surface area (Å²) in [5.74, 6) is 0. The van der Waals surface area contributed by atoms with Gasteiger partial charge < -0.3 is 8.98 Å². The second kappa shape index (κ2) is 5.24. The van der Waals surface area contributed by atoms with E-state index in [2.05, 4.69) is 0 Å². The molecule has 0 N–H and O–H groups in total. The van der Waals surface area contributed by atoms with Crippen LogP contribution >= 0.6 is 0 Å². The lowest BCUT2D eigenvalue weighted by molar-refractivity contribution is -0.139. The predicted octanol–water partition coefficient (Wildman–Crippen LogP) is 4.97. The Kier molecular flexibility index (Phi) is 3.25. The molecule has 126 valence electrons. The standard InChI is InChI=1S/C19H12F3NO2/c1-23-13-10-6-5-9-12(13)17-16(23)14(11-7-3-2-4-8-11)15(18(24)25-17)19(20,21)22/h2-10H,1H3. The van der Waals surface area contributed by atoms with E-state index in [-0.39, 0.29) is 16.7 Å². The van der Waals surface area contributed by atoms with E-state index in [1.807, 2.05) is 0 Å². The normalized spacial score (nSPS) is 12.2. The van der Waals surface area contributed by atoms with Gasteiger partial charge in [-0.3, -0.25) is 0 Å². The van der Waals surface area contributed by atoms with Gasteiger partial charge >= 0.3 is 11.8 Å². The van der Waals surface area contributed by atoms with E-state index in [4.69, 9.17) is 4.42 Å². The fourth-order valence-electron chi connectivity index (χ4n) is 3.25. The molecule has 2 aromatic heterocycles. The van der Waals surface area contributed by atoms with Crippen LogP contribution < -0.4 is 5.63 Å². The molecule has 0 bridgehead atoms. The minimum Gasteiger partial charge on any atom is -0.420 e. The fraction of sp³-hybridized carbons (Fsp3) is 0.105. The SMILES string of the molecule is Cn1c2ccccc2c2oc(=O)c(C(F)(F)F)c(-c3ccccc3)c21. The molecule has 2 heterocycles. The molecule has 6 heteroatoms. The first kappa shape index (κ1) is 15.5. The summed E-state index contributed by atoms with van der Waals surface area (Å²) >= 11 is 0. The highest BCUT2D eigenvalue weighted by molar-refractivity contribution is 6.09. The van der Waals surface area contributed by atoms with Gasteiger partial charge in [0.05, 0.1) is 11.0 Å². The molecular weight excluding hydrogens is 331 g/mol. The van der Waals surface area contributed by atoms with Crippen LogP contribution in [0, 0.1) is 0 Å². The third kappa shape index (κ3) is 2.25. The highest BCUT2D eigenvalue weighted by Crippen LogP contribution is 2.41. The van der Waals surface area contributed by atoms with Crippen LogP contribution in [-0.4, -0.2) is 4.57 Å². The zero-order valence-electron chi connectivity index (χ0n) is 13.1. The monoisotopic (exact) mass is 343 g/mol. The van der Waals surface area contributed by atoms with E-state index in [0.29, 0.717) is 16.5 Å². The maximum absolute atomic E-state index is 13.6. The van der Waals surface area contributed by atoms with Crippen LogP contribution in [-0.2, 0) is 13.2 Å². The number of benzene rings is 2. The summed E-state index contributed by atoms with van der Waals surface area (Å²) in [7, 11) is 1.66. The Morgan fingerprint density at radius 2 is 1.60 bits per heavy atom. The molecule has 0 saturated heterocycles. The van der Waals surface area contributed by atoms with Crippen molar-refractivity contribution in [1.29, 1.82) is 0 Å². The second-order valence-corrected chi connectivity index (χ2v) is 5.76. The third-order valence-corrected chi connectivity index (χ3v) is 4.29. The Labute approximate surface area is 139 Å². The second-order valence-electron chi connectivity index (χ2n) is 5.76. The molecule has 0 aliphatic rings. The van der Waals surface area contributed by atoms with Crippen molar-refractivity contribution in [1.82, 2.24) is 4.57 Å². The maximum atomic E-state index is 13.6. The minimum absolute atomic E-state index is 0.155. The lowest BCUT2D eigenvalue weighted by Gasteiger charge is -2.13. The van der Waals surface area contributed by atoms with Gasteiger partial charge in [0.2, 0.25) is 0 Å². The van der Waals surface area contributed by atoms with Crippen LogP contribution in [0.3, 0.4) is 0 Å². The third-order valence-electron chi connectivity index (χ3n) is 4.29. The van der Waals surface area contributed by atoms with E-state index < -0.39 is 17.4 Å². The molecule has 3 nitrogen and oxygen atoms in total. The van der Waals surface area contributed by atoms with Crippen LogP contribution in [0.15, 0.2) is 63.8 Å². The number of nitrogens with zero attached hydrogens (tertiary/aromatic N) is 1. The van der Waals surface area contributed by atoms with Gasteiger partial charge in [-0.15, -0.1) is 0 Å². The molecule has 0 aliphatic carbocycles. The summed E-state index contributed by atoms with van der Waals surface area (Å²) < 4.78 is 47.7. The predicted molar refractivity (Wildman–Crippen MR) is 89.4 cm³/mol. The molecule has 0 saturated carbocycles. The Bertz CT molecular complexity index is 1150. The van der Waals surface area contributed by atoms with Gasteiger partial charge in [-0.05, 0) is 17.7 Å². The number of fused-ring (bicyclic) bond motifs is 3. The molecule has 0 radical (unpaired) electrons. The Balaban J connectivity index is 2.31. The van der Waals surface area contributed by atoms with Gasteiger partial charge in [0.25, 0.3) is 0 Å². The van der Waals surface area contributed by atoms with Crippen molar-refractivity contribution in [2.24, 2.45) is 7.05 Å². The van der Waals surface area contributed by atoms with Crippen LogP contribution in [0.1, 0.15) is 5.56 Å². The van der Waals surface area contributed by atoms with E-state index in [0.717, 1.165) is 0 Å². The summed E-state index contributed by atoms with van der Waals surface area (Å²) in [4.78, 5) is 12.2. The number of rotatable bonds is 1. The van der Waals surface area contributed by atoms with E-state index in [9.17, 15) is 18.0 Å². The van der Waals surface area contributed by atoms with Gasteiger partial charge in [-0.25, -0.2) is 4.79 Å². The average Bonchev–Trinajstić information content (AvgIpc) is 2.86. The zero-order chi connectivity index (χ0) is 17.8. The molecule has 2 aromatic carbocycles. The summed E-state index contributed by atoms with van der Waals surface area (Å²) in [6, 6.07) is 15.1. The van der Waals surface area contributed by atoms with Crippen molar-refractivity contribution < 1.29 is 17.6 Å². The molecule has 0 unspecified atom stereocenters. The zero-order valence-corrected chi connectivity index (χ0v) is 13.1. The number of hydrogen-bond donors (Lipinski definition) is 0. The van der Waals surface area contributed by atoms with Gasteiger partial charge in [-0.2, -0.15) is 13.2 Å². The molecular formula is C19H12F3NO2. The van der Waals surface area contributed by atoms with Crippen LogP contribution in [0.4, 0.5) is 13.2 Å². The Morgan fingerprint density at radius 1 is 0.960 bits per heavy atom. The first-order valence-corrected chi connectivity index (χ1v) is 7.56. The van der Waals surface area contributed by atoms with Crippen LogP contribution in [0.2, 0.25) is 0 Å². The molecule has 0 amide bonds. The van der Waals surface area contributed by atoms with E-state index in [1.54, 1.807) is 66.2 Å². The quantitative estimate of drug-likeness (QED) is 0.489. The van der Waals surface area contributed by atoms with Crippen molar-refractivity contribution >= 4 is 22.0 Å². The lowest BCUT2D eigenvalue weighted by Crippen LogP contribution is -2.20. The molecule has 0 fully saturated rings. The molecule has 4 aromatic rings. The van der Waals surface area contributed by atoms with Crippen molar-refractivity contribution in [2.45, 2.75) is 6.18 Å². The Hall–Kier alpha value is -3.02. The number of alkyl halides is 3. The summed E-state index contributed by atoms with van der Waals surface area (Å²) in [6.45, 7) is 0. The van der Waals surface area contributed by atoms with Crippen molar-refractivity contribution in [2.75, 3.05) is 0 Å². The number of aryl methyl sites for hydroxylation is 1. The van der Waals surface area contributed by atoms with E-state index >= 15 is 0 Å². The molecule has 0 atom stereocenters. The van der Waals surface area contributed by atoms with Crippen molar-refractivity contribution in [3.63, 3.8) is 0 Å². The smallest absolute Gasteiger partial charge is 0.420 e. The summed E-state index contributed by atoms with van der Waals surface area (Å²) in [5, 5.41) is 0.600. The fourth-order valence-corrected chi connectivity index (χ4v) is 3.25. The van der Waals surface area contributed by atoms with Crippen LogP contribution in [0.25, 0.3) is 33.1 Å².